The average Bonchev–Trinajstić information content (AvgIpc) is 2.55. The van der Waals surface area contributed by atoms with Crippen molar-refractivity contribution in [1.29, 1.82) is 0 Å². The van der Waals surface area contributed by atoms with Crippen molar-refractivity contribution in [1.82, 2.24) is 20.4 Å². The summed E-state index contributed by atoms with van der Waals surface area (Å²) < 4.78 is 0. The van der Waals surface area contributed by atoms with Gasteiger partial charge in [0.1, 0.15) is 0 Å². The van der Waals surface area contributed by atoms with Crippen molar-refractivity contribution in [2.75, 3.05) is 46.8 Å². The van der Waals surface area contributed by atoms with Crippen LogP contribution in [0.2, 0.25) is 0 Å². The molecule has 1 heterocycles. The van der Waals surface area contributed by atoms with E-state index in [4.69, 9.17) is 0 Å². The van der Waals surface area contributed by atoms with Crippen LogP contribution in [0.25, 0.3) is 0 Å². The first-order valence-corrected chi connectivity index (χ1v) is 8.51. The summed E-state index contributed by atoms with van der Waals surface area (Å²) in [6.45, 7) is 10.7. The normalized spacial score (nSPS) is 17.9. The lowest BCUT2D eigenvalue weighted by Gasteiger charge is -2.36. The van der Waals surface area contributed by atoms with Gasteiger partial charge in [-0.25, -0.2) is 0 Å². The predicted octanol–water partition coefficient (Wildman–Crippen LogP) is 1.91. The zero-order chi connectivity index (χ0) is 16.7. The van der Waals surface area contributed by atoms with Crippen molar-refractivity contribution in [3.8, 4) is 0 Å². The number of halogens is 1. The zero-order valence-electron chi connectivity index (χ0n) is 15.4. The van der Waals surface area contributed by atoms with E-state index in [1.807, 2.05) is 7.05 Å². The number of hydrogen-bond acceptors (Lipinski definition) is 3. The monoisotopic (exact) mass is 445 g/mol. The minimum absolute atomic E-state index is 0. The van der Waals surface area contributed by atoms with Crippen LogP contribution in [0.3, 0.4) is 0 Å². The van der Waals surface area contributed by atoms with Crippen molar-refractivity contribution < 1.29 is 0 Å². The van der Waals surface area contributed by atoms with Crippen molar-refractivity contribution in [3.63, 3.8) is 0 Å². The number of aryl methyl sites for hydroxylation is 1. The number of hydrogen-bond donors (Lipinski definition) is 2. The lowest BCUT2D eigenvalue weighted by molar-refractivity contribution is 0.120. The molecule has 5 nitrogen and oxygen atoms in total. The Bertz CT molecular complexity index is 512. The molecule has 1 atom stereocenters. The molecule has 0 saturated carbocycles. The highest BCUT2D eigenvalue weighted by molar-refractivity contribution is 14.0. The number of guanidine groups is 1. The van der Waals surface area contributed by atoms with E-state index in [0.29, 0.717) is 6.04 Å². The third kappa shape index (κ3) is 6.94. The van der Waals surface area contributed by atoms with Gasteiger partial charge < -0.3 is 15.5 Å². The largest absolute Gasteiger partial charge is 0.355 e. The molecule has 1 aliphatic heterocycles. The molecule has 1 aromatic carbocycles. The van der Waals surface area contributed by atoms with Gasteiger partial charge in [-0.2, -0.15) is 0 Å². The highest BCUT2D eigenvalue weighted by Gasteiger charge is 2.18. The van der Waals surface area contributed by atoms with Crippen LogP contribution in [0, 0.1) is 6.92 Å². The molecule has 0 aliphatic carbocycles. The SMILES string of the molecule is CN=C(NCc1cccc(C)c1)NCC(C)N1CCN(C)CC1.I. The lowest BCUT2D eigenvalue weighted by atomic mass is 10.1. The summed E-state index contributed by atoms with van der Waals surface area (Å²) in [6, 6.07) is 9.07. The number of nitrogens with one attached hydrogen (secondary N) is 2. The smallest absolute Gasteiger partial charge is 0.191 e. The highest BCUT2D eigenvalue weighted by atomic mass is 127. The minimum atomic E-state index is 0. The van der Waals surface area contributed by atoms with Crippen LogP contribution < -0.4 is 10.6 Å². The maximum atomic E-state index is 4.32. The molecular formula is C18H32IN5. The van der Waals surface area contributed by atoms with Gasteiger partial charge >= 0.3 is 0 Å². The van der Waals surface area contributed by atoms with Gasteiger partial charge in [-0.05, 0) is 26.5 Å². The fourth-order valence-electron chi connectivity index (χ4n) is 2.86. The van der Waals surface area contributed by atoms with Crippen LogP contribution in [0.1, 0.15) is 18.1 Å². The molecule has 24 heavy (non-hydrogen) atoms. The third-order valence-corrected chi connectivity index (χ3v) is 4.49. The fourth-order valence-corrected chi connectivity index (χ4v) is 2.86. The van der Waals surface area contributed by atoms with Crippen molar-refractivity contribution in [3.05, 3.63) is 35.4 Å². The van der Waals surface area contributed by atoms with Crippen molar-refractivity contribution >= 4 is 29.9 Å². The van der Waals surface area contributed by atoms with Crippen LogP contribution in [-0.4, -0.2) is 68.6 Å². The lowest BCUT2D eigenvalue weighted by Crippen LogP contribution is -2.52. The second-order valence-corrected chi connectivity index (χ2v) is 6.48. The Labute approximate surface area is 163 Å². The van der Waals surface area contributed by atoms with Gasteiger partial charge in [-0.15, -0.1) is 24.0 Å². The molecule has 2 N–H and O–H groups in total. The molecule has 1 aromatic rings. The molecule has 1 aliphatic rings. The van der Waals surface area contributed by atoms with Crippen LogP contribution in [0.4, 0.5) is 0 Å². The van der Waals surface area contributed by atoms with Gasteiger partial charge in [0.05, 0.1) is 0 Å². The summed E-state index contributed by atoms with van der Waals surface area (Å²) in [6.07, 6.45) is 0. The summed E-state index contributed by atoms with van der Waals surface area (Å²) in [5.41, 5.74) is 2.57. The van der Waals surface area contributed by atoms with E-state index < -0.39 is 0 Å². The Balaban J connectivity index is 0.00000288. The van der Waals surface area contributed by atoms with Crippen LogP contribution in [0.15, 0.2) is 29.3 Å². The second kappa shape index (κ2) is 10.9. The molecule has 0 radical (unpaired) electrons. The van der Waals surface area contributed by atoms with Crippen LogP contribution >= 0.6 is 24.0 Å². The van der Waals surface area contributed by atoms with E-state index in [0.717, 1.165) is 45.2 Å². The van der Waals surface area contributed by atoms with E-state index in [9.17, 15) is 0 Å². The summed E-state index contributed by atoms with van der Waals surface area (Å²) in [7, 11) is 4.02. The summed E-state index contributed by atoms with van der Waals surface area (Å²) >= 11 is 0. The maximum absolute atomic E-state index is 4.32. The predicted molar refractivity (Wildman–Crippen MR) is 113 cm³/mol. The second-order valence-electron chi connectivity index (χ2n) is 6.48. The maximum Gasteiger partial charge on any atom is 0.191 e. The standard InChI is InChI=1S/C18H31N5.HI/c1-15-6-5-7-17(12-15)14-21-18(19-3)20-13-16(2)23-10-8-22(4)9-11-23;/h5-7,12,16H,8-11,13-14H2,1-4H3,(H2,19,20,21);1H. The number of likely N-dealkylation sites (N-methyl/N-ethyl adjacent to an activating group) is 1. The molecule has 0 aromatic heterocycles. The fraction of sp³-hybridized carbons (Fsp3) is 0.611. The van der Waals surface area contributed by atoms with E-state index in [1.165, 1.54) is 11.1 Å². The Morgan fingerprint density at radius 1 is 1.21 bits per heavy atom. The topological polar surface area (TPSA) is 42.9 Å². The summed E-state index contributed by atoms with van der Waals surface area (Å²) in [4.78, 5) is 9.25. The molecular weight excluding hydrogens is 413 g/mol. The Morgan fingerprint density at radius 3 is 2.54 bits per heavy atom. The van der Waals surface area contributed by atoms with Crippen LogP contribution in [-0.2, 0) is 6.54 Å². The summed E-state index contributed by atoms with van der Waals surface area (Å²) in [5, 5.41) is 6.84. The van der Waals surface area contributed by atoms with Crippen molar-refractivity contribution in [2.24, 2.45) is 4.99 Å². The molecule has 1 saturated heterocycles. The Kier molecular flexibility index (Phi) is 9.61. The first-order chi connectivity index (χ1) is 11.1. The Hall–Kier alpha value is -0.860. The molecule has 0 bridgehead atoms. The van der Waals surface area contributed by atoms with Gasteiger partial charge in [0.25, 0.3) is 0 Å². The number of piperazine rings is 1. The molecule has 0 spiro atoms. The zero-order valence-corrected chi connectivity index (χ0v) is 17.7. The first kappa shape index (κ1) is 21.2. The van der Waals surface area contributed by atoms with Gasteiger partial charge in [0.2, 0.25) is 0 Å². The van der Waals surface area contributed by atoms with E-state index in [2.05, 4.69) is 70.6 Å². The number of nitrogens with zero attached hydrogens (tertiary/aromatic N) is 3. The van der Waals surface area contributed by atoms with Gasteiger partial charge in [-0.3, -0.25) is 9.89 Å². The van der Waals surface area contributed by atoms with Gasteiger partial charge in [0, 0.05) is 52.4 Å². The van der Waals surface area contributed by atoms with E-state index >= 15 is 0 Å². The molecule has 1 unspecified atom stereocenters. The van der Waals surface area contributed by atoms with Crippen LogP contribution in [0.5, 0.6) is 0 Å². The molecule has 136 valence electrons. The molecule has 0 amide bonds. The molecule has 1 fully saturated rings. The minimum Gasteiger partial charge on any atom is -0.355 e. The molecule has 2 rings (SSSR count). The number of benzene rings is 1. The third-order valence-electron chi connectivity index (χ3n) is 4.49. The first-order valence-electron chi connectivity index (χ1n) is 8.51. The quantitative estimate of drug-likeness (QED) is 0.413. The van der Waals surface area contributed by atoms with Gasteiger partial charge in [0.15, 0.2) is 5.96 Å². The number of rotatable bonds is 5. The van der Waals surface area contributed by atoms with E-state index in [-0.39, 0.29) is 24.0 Å². The average molecular weight is 445 g/mol. The summed E-state index contributed by atoms with van der Waals surface area (Å²) in [5.74, 6) is 0.868. The van der Waals surface area contributed by atoms with Gasteiger partial charge in [-0.1, -0.05) is 29.8 Å². The Morgan fingerprint density at radius 2 is 1.92 bits per heavy atom. The van der Waals surface area contributed by atoms with E-state index in [1.54, 1.807) is 0 Å². The highest BCUT2D eigenvalue weighted by Crippen LogP contribution is 2.05. The number of aliphatic imine (C=N–C) groups is 1. The molecule has 6 heteroatoms. The van der Waals surface area contributed by atoms with Crippen molar-refractivity contribution in [2.45, 2.75) is 26.4 Å².